The maximum Gasteiger partial charge on any atom is 0.165 e. The molecule has 21 heavy (non-hydrogen) atoms. The van der Waals surface area contributed by atoms with Crippen LogP contribution in [0.3, 0.4) is 0 Å². The molecule has 1 unspecified atom stereocenters. The van der Waals surface area contributed by atoms with Crippen molar-refractivity contribution in [2.45, 2.75) is 32.7 Å². The molecule has 0 amide bonds. The van der Waals surface area contributed by atoms with E-state index in [1.54, 1.807) is 17.4 Å². The SMILES string of the molecule is CCNC(c1ccc(OC)c(F)c1)c1nc(C(C)C)cs1. The summed E-state index contributed by atoms with van der Waals surface area (Å²) in [4.78, 5) is 4.68. The Morgan fingerprint density at radius 3 is 2.67 bits per heavy atom. The third-order valence-electron chi connectivity index (χ3n) is 3.30. The second-order valence-corrected chi connectivity index (χ2v) is 6.04. The number of ether oxygens (including phenoxy) is 1. The molecule has 0 saturated heterocycles. The van der Waals surface area contributed by atoms with Crippen molar-refractivity contribution in [3.63, 3.8) is 0 Å². The van der Waals surface area contributed by atoms with Crippen molar-refractivity contribution in [1.29, 1.82) is 0 Å². The normalized spacial score (nSPS) is 12.7. The zero-order valence-electron chi connectivity index (χ0n) is 12.8. The van der Waals surface area contributed by atoms with E-state index in [1.807, 2.05) is 13.0 Å². The summed E-state index contributed by atoms with van der Waals surface area (Å²) in [7, 11) is 1.47. The Labute approximate surface area is 129 Å². The summed E-state index contributed by atoms with van der Waals surface area (Å²) in [6.07, 6.45) is 0. The number of thiazole rings is 1. The maximum atomic E-state index is 13.9. The Morgan fingerprint density at radius 1 is 1.38 bits per heavy atom. The summed E-state index contributed by atoms with van der Waals surface area (Å²) in [5.74, 6) is 0.305. The highest BCUT2D eigenvalue weighted by Crippen LogP contribution is 2.29. The summed E-state index contributed by atoms with van der Waals surface area (Å²) >= 11 is 1.61. The molecule has 1 heterocycles. The molecule has 0 aliphatic rings. The van der Waals surface area contributed by atoms with Gasteiger partial charge >= 0.3 is 0 Å². The van der Waals surface area contributed by atoms with Crippen molar-refractivity contribution < 1.29 is 9.13 Å². The minimum atomic E-state index is -0.349. The molecular formula is C16H21FN2OS. The average Bonchev–Trinajstić information content (AvgIpc) is 2.94. The van der Waals surface area contributed by atoms with Gasteiger partial charge in [0.15, 0.2) is 11.6 Å². The first-order valence-corrected chi connectivity index (χ1v) is 7.96. The molecule has 5 heteroatoms. The van der Waals surface area contributed by atoms with Gasteiger partial charge in [0.05, 0.1) is 18.8 Å². The topological polar surface area (TPSA) is 34.1 Å². The molecule has 0 spiro atoms. The van der Waals surface area contributed by atoms with Gasteiger partial charge in [-0.3, -0.25) is 0 Å². The summed E-state index contributed by atoms with van der Waals surface area (Å²) in [5, 5.41) is 6.41. The number of nitrogens with zero attached hydrogens (tertiary/aromatic N) is 1. The first-order chi connectivity index (χ1) is 10.1. The Hall–Kier alpha value is -1.46. The Bertz CT molecular complexity index is 598. The number of hydrogen-bond donors (Lipinski definition) is 1. The lowest BCUT2D eigenvalue weighted by Gasteiger charge is -2.16. The quantitative estimate of drug-likeness (QED) is 0.872. The number of aromatic nitrogens is 1. The van der Waals surface area contributed by atoms with Crippen LogP contribution in [0.1, 0.15) is 49.0 Å². The van der Waals surface area contributed by atoms with Gasteiger partial charge in [-0.15, -0.1) is 11.3 Å². The molecule has 114 valence electrons. The van der Waals surface area contributed by atoms with E-state index >= 15 is 0 Å². The van der Waals surface area contributed by atoms with Gasteiger partial charge in [-0.1, -0.05) is 26.8 Å². The van der Waals surface area contributed by atoms with Crippen LogP contribution in [0, 0.1) is 5.82 Å². The van der Waals surface area contributed by atoms with Crippen molar-refractivity contribution in [2.24, 2.45) is 0 Å². The van der Waals surface area contributed by atoms with Gasteiger partial charge in [-0.05, 0) is 30.2 Å². The van der Waals surface area contributed by atoms with Gasteiger partial charge in [-0.2, -0.15) is 0 Å². The van der Waals surface area contributed by atoms with Crippen molar-refractivity contribution in [3.05, 3.63) is 45.7 Å². The van der Waals surface area contributed by atoms with Crippen LogP contribution in [-0.4, -0.2) is 18.6 Å². The minimum Gasteiger partial charge on any atom is -0.494 e. The lowest BCUT2D eigenvalue weighted by Crippen LogP contribution is -2.22. The summed E-state index contributed by atoms with van der Waals surface area (Å²) in [6, 6.07) is 4.97. The fourth-order valence-electron chi connectivity index (χ4n) is 2.11. The number of nitrogens with one attached hydrogen (secondary N) is 1. The van der Waals surface area contributed by atoms with Gasteiger partial charge in [-0.25, -0.2) is 9.37 Å². The molecule has 1 aromatic heterocycles. The predicted octanol–water partition coefficient (Wildman–Crippen LogP) is 4.11. The van der Waals surface area contributed by atoms with Crippen molar-refractivity contribution in [3.8, 4) is 5.75 Å². The van der Waals surface area contributed by atoms with Crippen LogP contribution in [0.15, 0.2) is 23.6 Å². The Kier molecular flexibility index (Phi) is 5.31. The lowest BCUT2D eigenvalue weighted by atomic mass is 10.1. The molecule has 0 aliphatic heterocycles. The second-order valence-electron chi connectivity index (χ2n) is 5.15. The molecular weight excluding hydrogens is 287 g/mol. The van der Waals surface area contributed by atoms with Crippen molar-refractivity contribution in [1.82, 2.24) is 10.3 Å². The van der Waals surface area contributed by atoms with E-state index in [9.17, 15) is 4.39 Å². The van der Waals surface area contributed by atoms with Crippen LogP contribution in [0.25, 0.3) is 0 Å². The van der Waals surface area contributed by atoms with Crippen LogP contribution in [-0.2, 0) is 0 Å². The van der Waals surface area contributed by atoms with Crippen LogP contribution in [0.5, 0.6) is 5.75 Å². The summed E-state index contributed by atoms with van der Waals surface area (Å²) < 4.78 is 18.9. The molecule has 1 aromatic carbocycles. The third kappa shape index (κ3) is 3.60. The Balaban J connectivity index is 2.35. The van der Waals surface area contributed by atoms with E-state index in [0.717, 1.165) is 22.8 Å². The highest BCUT2D eigenvalue weighted by atomic mass is 32.1. The predicted molar refractivity (Wildman–Crippen MR) is 84.7 cm³/mol. The molecule has 1 atom stereocenters. The van der Waals surface area contributed by atoms with Gasteiger partial charge in [0.25, 0.3) is 0 Å². The molecule has 0 saturated carbocycles. The van der Waals surface area contributed by atoms with Gasteiger partial charge in [0, 0.05) is 5.38 Å². The van der Waals surface area contributed by atoms with Gasteiger partial charge < -0.3 is 10.1 Å². The second kappa shape index (κ2) is 7.00. The average molecular weight is 308 g/mol. The van der Waals surface area contributed by atoms with Gasteiger partial charge in [0.1, 0.15) is 5.01 Å². The van der Waals surface area contributed by atoms with E-state index in [1.165, 1.54) is 13.2 Å². The number of hydrogen-bond acceptors (Lipinski definition) is 4. The van der Waals surface area contributed by atoms with Crippen LogP contribution >= 0.6 is 11.3 Å². The summed E-state index contributed by atoms with van der Waals surface area (Å²) in [5.41, 5.74) is 1.94. The van der Waals surface area contributed by atoms with E-state index in [-0.39, 0.29) is 17.6 Å². The number of benzene rings is 1. The molecule has 1 N–H and O–H groups in total. The molecule has 0 bridgehead atoms. The lowest BCUT2D eigenvalue weighted by molar-refractivity contribution is 0.385. The Morgan fingerprint density at radius 2 is 2.14 bits per heavy atom. The van der Waals surface area contributed by atoms with Crippen LogP contribution in [0.2, 0.25) is 0 Å². The number of halogens is 1. The number of methoxy groups -OCH3 is 1. The van der Waals surface area contributed by atoms with E-state index in [4.69, 9.17) is 4.74 Å². The highest BCUT2D eigenvalue weighted by molar-refractivity contribution is 7.09. The molecule has 0 aliphatic carbocycles. The monoisotopic (exact) mass is 308 g/mol. The van der Waals surface area contributed by atoms with E-state index in [2.05, 4.69) is 29.5 Å². The maximum absolute atomic E-state index is 13.9. The highest BCUT2D eigenvalue weighted by Gasteiger charge is 2.19. The molecule has 0 radical (unpaired) electrons. The zero-order chi connectivity index (χ0) is 15.4. The minimum absolute atomic E-state index is 0.0899. The first kappa shape index (κ1) is 15.9. The smallest absolute Gasteiger partial charge is 0.165 e. The third-order valence-corrected chi connectivity index (χ3v) is 4.22. The fourth-order valence-corrected chi connectivity index (χ4v) is 3.19. The van der Waals surface area contributed by atoms with Crippen molar-refractivity contribution >= 4 is 11.3 Å². The van der Waals surface area contributed by atoms with Gasteiger partial charge in [0.2, 0.25) is 0 Å². The largest absolute Gasteiger partial charge is 0.494 e. The molecule has 2 rings (SSSR count). The molecule has 0 fully saturated rings. The molecule has 2 aromatic rings. The van der Waals surface area contributed by atoms with E-state index in [0.29, 0.717) is 5.92 Å². The molecule has 3 nitrogen and oxygen atoms in total. The van der Waals surface area contributed by atoms with E-state index < -0.39 is 0 Å². The number of rotatable bonds is 6. The van der Waals surface area contributed by atoms with Crippen molar-refractivity contribution in [2.75, 3.05) is 13.7 Å². The standard InChI is InChI=1S/C16H21FN2OS/c1-5-18-15(16-19-13(9-21-16)10(2)3)11-6-7-14(20-4)12(17)8-11/h6-10,15,18H,5H2,1-4H3. The zero-order valence-corrected chi connectivity index (χ0v) is 13.6. The fraction of sp³-hybridized carbons (Fsp3) is 0.438. The van der Waals surface area contributed by atoms with Crippen LogP contribution in [0.4, 0.5) is 4.39 Å². The van der Waals surface area contributed by atoms with Crippen LogP contribution < -0.4 is 10.1 Å². The first-order valence-electron chi connectivity index (χ1n) is 7.09. The summed E-state index contributed by atoms with van der Waals surface area (Å²) in [6.45, 7) is 7.06.